The Bertz CT molecular complexity index is 664. The van der Waals surface area contributed by atoms with Gasteiger partial charge in [-0.1, -0.05) is 25.1 Å². The molecule has 0 unspecified atom stereocenters. The summed E-state index contributed by atoms with van der Waals surface area (Å²) in [6.45, 7) is 3.93. The van der Waals surface area contributed by atoms with Gasteiger partial charge < -0.3 is 10.4 Å². The number of rotatable bonds is 4. The molecule has 0 atom stereocenters. The number of carboxylic acids is 1. The van der Waals surface area contributed by atoms with Crippen LogP contribution in [0.15, 0.2) is 23.6 Å². The molecule has 0 saturated carbocycles. The van der Waals surface area contributed by atoms with Crippen LogP contribution < -0.4 is 5.32 Å². The fourth-order valence-electron chi connectivity index (χ4n) is 1.85. The summed E-state index contributed by atoms with van der Waals surface area (Å²) >= 11 is 1.02. The summed E-state index contributed by atoms with van der Waals surface area (Å²) < 4.78 is 0. The summed E-state index contributed by atoms with van der Waals surface area (Å²) in [4.78, 5) is 26.7. The molecule has 2 N–H and O–H groups in total. The summed E-state index contributed by atoms with van der Waals surface area (Å²) in [5.41, 5.74) is 2.66. The number of aromatic carboxylic acids is 1. The van der Waals surface area contributed by atoms with E-state index >= 15 is 0 Å². The average Bonchev–Trinajstić information content (AvgIpc) is 2.91. The Hall–Kier alpha value is -2.21. The minimum absolute atomic E-state index is 0.111. The first-order valence-corrected chi connectivity index (χ1v) is 6.99. The number of carbonyl (C=O) groups excluding carboxylic acids is 1. The quantitative estimate of drug-likeness (QED) is 0.907. The molecular weight excluding hydrogens is 276 g/mol. The highest BCUT2D eigenvalue weighted by Gasteiger charge is 2.16. The zero-order chi connectivity index (χ0) is 14.7. The van der Waals surface area contributed by atoms with Crippen molar-refractivity contribution in [2.24, 2.45) is 0 Å². The third-order valence-electron chi connectivity index (χ3n) is 2.90. The second kappa shape index (κ2) is 5.83. The van der Waals surface area contributed by atoms with Crippen molar-refractivity contribution in [3.8, 4) is 0 Å². The second-order valence-corrected chi connectivity index (χ2v) is 5.12. The van der Waals surface area contributed by atoms with E-state index in [-0.39, 0.29) is 16.6 Å². The fourth-order valence-corrected chi connectivity index (χ4v) is 2.53. The number of carboxylic acid groups (broad SMARTS) is 1. The van der Waals surface area contributed by atoms with Crippen molar-refractivity contribution in [3.05, 3.63) is 45.4 Å². The number of hydrogen-bond acceptors (Lipinski definition) is 4. The van der Waals surface area contributed by atoms with Gasteiger partial charge in [-0.2, -0.15) is 0 Å². The third-order valence-corrected chi connectivity index (χ3v) is 3.74. The van der Waals surface area contributed by atoms with Gasteiger partial charge >= 0.3 is 5.97 Å². The van der Waals surface area contributed by atoms with E-state index < -0.39 is 5.97 Å². The first-order chi connectivity index (χ1) is 9.52. The first-order valence-electron chi connectivity index (χ1n) is 6.11. The lowest BCUT2D eigenvalue weighted by atomic mass is 10.1. The molecule has 2 rings (SSSR count). The lowest BCUT2D eigenvalue weighted by Crippen LogP contribution is -2.14. The lowest BCUT2D eigenvalue weighted by Gasteiger charge is -2.11. The van der Waals surface area contributed by atoms with Crippen LogP contribution in [0.4, 0.5) is 5.69 Å². The molecule has 0 spiro atoms. The maximum absolute atomic E-state index is 12.1. The number of para-hydroxylation sites is 1. The van der Waals surface area contributed by atoms with Crippen LogP contribution in [0.25, 0.3) is 0 Å². The minimum atomic E-state index is -1.13. The number of amides is 1. The molecule has 1 amide bonds. The molecular formula is C14H14N2O3S. The predicted molar refractivity (Wildman–Crippen MR) is 77.6 cm³/mol. The molecule has 0 radical (unpaired) electrons. The van der Waals surface area contributed by atoms with Crippen molar-refractivity contribution >= 4 is 28.9 Å². The van der Waals surface area contributed by atoms with Gasteiger partial charge in [0.2, 0.25) is 0 Å². The van der Waals surface area contributed by atoms with Gasteiger partial charge in [0.05, 0.1) is 0 Å². The van der Waals surface area contributed by atoms with E-state index in [0.717, 1.165) is 34.6 Å². The molecule has 1 aromatic carbocycles. The van der Waals surface area contributed by atoms with Crippen LogP contribution in [-0.4, -0.2) is 22.0 Å². The van der Waals surface area contributed by atoms with Gasteiger partial charge in [0, 0.05) is 11.1 Å². The molecule has 0 saturated heterocycles. The number of nitrogens with zero attached hydrogens (tertiary/aromatic N) is 1. The van der Waals surface area contributed by atoms with Crippen molar-refractivity contribution in [2.75, 3.05) is 5.32 Å². The molecule has 5 nitrogen and oxygen atoms in total. The minimum Gasteiger partial charge on any atom is -0.476 e. The molecule has 0 aliphatic heterocycles. The standard InChI is InChI=1S/C14H14N2O3S/c1-3-9-6-4-5-8(2)11(9)16-12(17)13-15-10(7-20-13)14(18)19/h4-7H,3H2,1-2H3,(H,16,17)(H,18,19). The van der Waals surface area contributed by atoms with Crippen LogP contribution in [0, 0.1) is 6.92 Å². The van der Waals surface area contributed by atoms with Gasteiger partial charge in [-0.3, -0.25) is 4.79 Å². The van der Waals surface area contributed by atoms with E-state index in [4.69, 9.17) is 5.11 Å². The maximum atomic E-state index is 12.1. The molecule has 6 heteroatoms. The third kappa shape index (κ3) is 2.85. The average molecular weight is 290 g/mol. The molecule has 1 heterocycles. The SMILES string of the molecule is CCc1cccc(C)c1NC(=O)c1nc(C(=O)O)cs1. The summed E-state index contributed by atoms with van der Waals surface area (Å²) in [6.07, 6.45) is 0.801. The molecule has 1 aromatic heterocycles. The van der Waals surface area contributed by atoms with E-state index in [1.54, 1.807) is 0 Å². The molecule has 0 fully saturated rings. The van der Waals surface area contributed by atoms with Crippen LogP contribution in [0.1, 0.15) is 38.3 Å². The van der Waals surface area contributed by atoms with Crippen LogP contribution in [-0.2, 0) is 6.42 Å². The van der Waals surface area contributed by atoms with Gasteiger partial charge in [-0.15, -0.1) is 11.3 Å². The second-order valence-electron chi connectivity index (χ2n) is 4.26. The fraction of sp³-hybridized carbons (Fsp3) is 0.214. The van der Waals surface area contributed by atoms with Crippen molar-refractivity contribution in [3.63, 3.8) is 0 Å². The molecule has 0 bridgehead atoms. The highest BCUT2D eigenvalue weighted by atomic mass is 32.1. The van der Waals surface area contributed by atoms with E-state index in [1.807, 2.05) is 32.0 Å². The van der Waals surface area contributed by atoms with E-state index in [1.165, 1.54) is 5.38 Å². The summed E-state index contributed by atoms with van der Waals surface area (Å²) in [6, 6.07) is 5.81. The number of aryl methyl sites for hydroxylation is 2. The lowest BCUT2D eigenvalue weighted by molar-refractivity contribution is 0.0691. The zero-order valence-electron chi connectivity index (χ0n) is 11.1. The van der Waals surface area contributed by atoms with Crippen molar-refractivity contribution in [1.82, 2.24) is 4.98 Å². The van der Waals surface area contributed by atoms with Gasteiger partial charge in [0.25, 0.3) is 5.91 Å². The van der Waals surface area contributed by atoms with Crippen LogP contribution in [0.2, 0.25) is 0 Å². The number of carbonyl (C=O) groups is 2. The van der Waals surface area contributed by atoms with Gasteiger partial charge in [-0.05, 0) is 24.5 Å². The van der Waals surface area contributed by atoms with E-state index in [0.29, 0.717) is 0 Å². The molecule has 20 heavy (non-hydrogen) atoms. The highest BCUT2D eigenvalue weighted by molar-refractivity contribution is 7.12. The first kappa shape index (κ1) is 14.2. The van der Waals surface area contributed by atoms with Gasteiger partial charge in [-0.25, -0.2) is 9.78 Å². The Morgan fingerprint density at radius 2 is 2.15 bits per heavy atom. The number of benzene rings is 1. The Balaban J connectivity index is 2.25. The number of anilines is 1. The summed E-state index contributed by atoms with van der Waals surface area (Å²) in [5.74, 6) is -1.52. The topological polar surface area (TPSA) is 79.3 Å². The Morgan fingerprint density at radius 1 is 1.40 bits per heavy atom. The number of hydrogen-bond donors (Lipinski definition) is 2. The molecule has 0 aliphatic rings. The summed E-state index contributed by atoms with van der Waals surface area (Å²) in [5, 5.41) is 13.1. The maximum Gasteiger partial charge on any atom is 0.355 e. The number of nitrogens with one attached hydrogen (secondary N) is 1. The van der Waals surface area contributed by atoms with E-state index in [2.05, 4.69) is 10.3 Å². The Morgan fingerprint density at radius 3 is 2.75 bits per heavy atom. The van der Waals surface area contributed by atoms with E-state index in [9.17, 15) is 9.59 Å². The molecule has 104 valence electrons. The normalized spacial score (nSPS) is 10.3. The zero-order valence-corrected chi connectivity index (χ0v) is 12.0. The van der Waals surface area contributed by atoms with Crippen molar-refractivity contribution < 1.29 is 14.7 Å². The number of thiazole rings is 1. The van der Waals surface area contributed by atoms with Crippen molar-refractivity contribution in [2.45, 2.75) is 20.3 Å². The molecule has 0 aliphatic carbocycles. The van der Waals surface area contributed by atoms with Crippen LogP contribution >= 0.6 is 11.3 Å². The van der Waals surface area contributed by atoms with Crippen LogP contribution in [0.5, 0.6) is 0 Å². The van der Waals surface area contributed by atoms with Gasteiger partial charge in [0.1, 0.15) is 0 Å². The number of aromatic nitrogens is 1. The molecule has 2 aromatic rings. The smallest absolute Gasteiger partial charge is 0.355 e. The Labute approximate surface area is 120 Å². The highest BCUT2D eigenvalue weighted by Crippen LogP contribution is 2.22. The van der Waals surface area contributed by atoms with Crippen molar-refractivity contribution in [1.29, 1.82) is 0 Å². The van der Waals surface area contributed by atoms with Crippen LogP contribution in [0.3, 0.4) is 0 Å². The monoisotopic (exact) mass is 290 g/mol. The predicted octanol–water partition coefficient (Wildman–Crippen LogP) is 2.96. The summed E-state index contributed by atoms with van der Waals surface area (Å²) in [7, 11) is 0. The Kier molecular flexibility index (Phi) is 4.14. The van der Waals surface area contributed by atoms with Gasteiger partial charge in [0.15, 0.2) is 10.7 Å². The largest absolute Gasteiger partial charge is 0.476 e.